The van der Waals surface area contributed by atoms with Crippen molar-refractivity contribution in [1.29, 1.82) is 0 Å². The van der Waals surface area contributed by atoms with E-state index in [4.69, 9.17) is 5.73 Å². The van der Waals surface area contributed by atoms with Gasteiger partial charge in [-0.3, -0.25) is 4.98 Å². The molecular weight excluding hydrogens is 184 g/mol. The minimum Gasteiger partial charge on any atom is -0.399 e. The molecule has 0 aliphatic heterocycles. The average Bonchev–Trinajstić information content (AvgIpc) is 2.26. The van der Waals surface area contributed by atoms with Crippen LogP contribution in [0.2, 0.25) is 0 Å². The standard InChI is InChI=1S/C13H14N2/c1-10-12(3-2-4-13(10)14)9-11-5-7-15-8-6-11/h2-8H,9,14H2,1H3. The second-order valence-electron chi connectivity index (χ2n) is 3.66. The van der Waals surface area contributed by atoms with E-state index < -0.39 is 0 Å². The molecule has 2 N–H and O–H groups in total. The third kappa shape index (κ3) is 2.15. The number of nitrogen functional groups attached to an aromatic ring is 1. The monoisotopic (exact) mass is 198 g/mol. The van der Waals surface area contributed by atoms with Crippen LogP contribution >= 0.6 is 0 Å². The Morgan fingerprint density at radius 3 is 2.60 bits per heavy atom. The number of hydrogen-bond acceptors (Lipinski definition) is 2. The molecule has 15 heavy (non-hydrogen) atoms. The van der Waals surface area contributed by atoms with Gasteiger partial charge < -0.3 is 5.73 Å². The summed E-state index contributed by atoms with van der Waals surface area (Å²) < 4.78 is 0. The fourth-order valence-electron chi connectivity index (χ4n) is 1.62. The van der Waals surface area contributed by atoms with Gasteiger partial charge >= 0.3 is 0 Å². The number of hydrogen-bond donors (Lipinski definition) is 1. The zero-order valence-corrected chi connectivity index (χ0v) is 8.77. The van der Waals surface area contributed by atoms with Crippen molar-refractivity contribution in [1.82, 2.24) is 4.98 Å². The highest BCUT2D eigenvalue weighted by Crippen LogP contribution is 2.18. The lowest BCUT2D eigenvalue weighted by atomic mass is 10.0. The summed E-state index contributed by atoms with van der Waals surface area (Å²) in [6.07, 6.45) is 4.55. The quantitative estimate of drug-likeness (QED) is 0.753. The highest BCUT2D eigenvalue weighted by Gasteiger charge is 2.01. The largest absolute Gasteiger partial charge is 0.399 e. The van der Waals surface area contributed by atoms with Crippen LogP contribution in [0.1, 0.15) is 16.7 Å². The van der Waals surface area contributed by atoms with Crippen molar-refractivity contribution in [3.05, 3.63) is 59.4 Å². The summed E-state index contributed by atoms with van der Waals surface area (Å²) in [4.78, 5) is 4.00. The lowest BCUT2D eigenvalue weighted by molar-refractivity contribution is 1.14. The van der Waals surface area contributed by atoms with E-state index in [0.717, 1.165) is 12.1 Å². The molecule has 0 amide bonds. The van der Waals surface area contributed by atoms with Crippen molar-refractivity contribution < 1.29 is 0 Å². The van der Waals surface area contributed by atoms with E-state index in [0.29, 0.717) is 0 Å². The van der Waals surface area contributed by atoms with Crippen LogP contribution in [0.4, 0.5) is 5.69 Å². The Labute approximate surface area is 89.8 Å². The van der Waals surface area contributed by atoms with Gasteiger partial charge in [0.15, 0.2) is 0 Å². The Kier molecular flexibility index (Phi) is 2.68. The molecule has 0 aliphatic rings. The summed E-state index contributed by atoms with van der Waals surface area (Å²) >= 11 is 0. The third-order valence-electron chi connectivity index (χ3n) is 2.63. The van der Waals surface area contributed by atoms with Gasteiger partial charge in [0.2, 0.25) is 0 Å². The Bertz CT molecular complexity index is 449. The molecule has 0 saturated heterocycles. The highest BCUT2D eigenvalue weighted by atomic mass is 14.6. The van der Waals surface area contributed by atoms with E-state index in [1.54, 1.807) is 0 Å². The second kappa shape index (κ2) is 4.13. The first-order chi connectivity index (χ1) is 7.27. The van der Waals surface area contributed by atoms with Crippen molar-refractivity contribution in [3.63, 3.8) is 0 Å². The SMILES string of the molecule is Cc1c(N)cccc1Cc1ccncc1. The lowest BCUT2D eigenvalue weighted by Gasteiger charge is -2.07. The first-order valence-electron chi connectivity index (χ1n) is 5.00. The Balaban J connectivity index is 2.29. The Morgan fingerprint density at radius 1 is 1.13 bits per heavy atom. The molecule has 2 rings (SSSR count). The normalized spacial score (nSPS) is 10.2. The van der Waals surface area contributed by atoms with Crippen LogP contribution in [-0.2, 0) is 6.42 Å². The molecule has 0 radical (unpaired) electrons. The number of nitrogens with zero attached hydrogens (tertiary/aromatic N) is 1. The number of rotatable bonds is 2. The molecule has 0 fully saturated rings. The lowest BCUT2D eigenvalue weighted by Crippen LogP contribution is -1.96. The van der Waals surface area contributed by atoms with Gasteiger partial charge in [0, 0.05) is 18.1 Å². The molecule has 0 unspecified atom stereocenters. The van der Waals surface area contributed by atoms with Crippen molar-refractivity contribution in [2.45, 2.75) is 13.3 Å². The van der Waals surface area contributed by atoms with Gasteiger partial charge in [-0.1, -0.05) is 12.1 Å². The summed E-state index contributed by atoms with van der Waals surface area (Å²) in [6, 6.07) is 10.1. The Hall–Kier alpha value is -1.83. The van der Waals surface area contributed by atoms with Crippen LogP contribution in [0.5, 0.6) is 0 Å². The van der Waals surface area contributed by atoms with Crippen molar-refractivity contribution in [2.75, 3.05) is 5.73 Å². The number of benzene rings is 1. The van der Waals surface area contributed by atoms with Crippen LogP contribution in [0.3, 0.4) is 0 Å². The number of aromatic nitrogens is 1. The molecule has 0 atom stereocenters. The molecule has 2 nitrogen and oxygen atoms in total. The summed E-state index contributed by atoms with van der Waals surface area (Å²) in [5.74, 6) is 0. The third-order valence-corrected chi connectivity index (χ3v) is 2.63. The molecule has 76 valence electrons. The topological polar surface area (TPSA) is 38.9 Å². The van der Waals surface area contributed by atoms with Crippen LogP contribution in [0.15, 0.2) is 42.7 Å². The van der Waals surface area contributed by atoms with Gasteiger partial charge in [0.1, 0.15) is 0 Å². The minimum absolute atomic E-state index is 0.863. The van der Waals surface area contributed by atoms with E-state index in [9.17, 15) is 0 Å². The number of nitrogens with two attached hydrogens (primary N) is 1. The van der Waals surface area contributed by atoms with Gasteiger partial charge in [-0.2, -0.15) is 0 Å². The minimum atomic E-state index is 0.863. The van der Waals surface area contributed by atoms with Crippen molar-refractivity contribution in [3.8, 4) is 0 Å². The first kappa shape index (κ1) is 9.71. The van der Waals surface area contributed by atoms with E-state index in [-0.39, 0.29) is 0 Å². The fraction of sp³-hybridized carbons (Fsp3) is 0.154. The van der Waals surface area contributed by atoms with Gasteiger partial charge in [-0.15, -0.1) is 0 Å². The average molecular weight is 198 g/mol. The number of pyridine rings is 1. The van der Waals surface area contributed by atoms with E-state index in [1.165, 1.54) is 16.7 Å². The highest BCUT2D eigenvalue weighted by molar-refractivity contribution is 5.50. The van der Waals surface area contributed by atoms with Crippen molar-refractivity contribution in [2.24, 2.45) is 0 Å². The van der Waals surface area contributed by atoms with E-state index in [2.05, 4.69) is 18.0 Å². The molecule has 0 bridgehead atoms. The zero-order chi connectivity index (χ0) is 10.7. The first-order valence-corrected chi connectivity index (χ1v) is 5.00. The maximum atomic E-state index is 5.86. The summed E-state index contributed by atoms with van der Waals surface area (Å²) in [5.41, 5.74) is 10.4. The van der Waals surface area contributed by atoms with Gasteiger partial charge in [0.05, 0.1) is 0 Å². The molecule has 1 aromatic heterocycles. The molecule has 1 heterocycles. The predicted molar refractivity (Wildman–Crippen MR) is 62.6 cm³/mol. The smallest absolute Gasteiger partial charge is 0.0346 e. The maximum absolute atomic E-state index is 5.86. The van der Waals surface area contributed by atoms with Gasteiger partial charge in [0.25, 0.3) is 0 Å². The summed E-state index contributed by atoms with van der Waals surface area (Å²) in [6.45, 7) is 2.06. The molecule has 2 aromatic rings. The summed E-state index contributed by atoms with van der Waals surface area (Å²) in [5, 5.41) is 0. The number of anilines is 1. The Morgan fingerprint density at radius 2 is 1.87 bits per heavy atom. The maximum Gasteiger partial charge on any atom is 0.0346 e. The molecule has 1 aromatic carbocycles. The van der Waals surface area contributed by atoms with Crippen LogP contribution < -0.4 is 5.73 Å². The van der Waals surface area contributed by atoms with E-state index in [1.807, 2.05) is 36.7 Å². The molecule has 0 spiro atoms. The molecule has 2 heteroatoms. The molecule has 0 saturated carbocycles. The van der Waals surface area contributed by atoms with Crippen LogP contribution in [0.25, 0.3) is 0 Å². The van der Waals surface area contributed by atoms with Crippen LogP contribution in [0, 0.1) is 6.92 Å². The van der Waals surface area contributed by atoms with E-state index >= 15 is 0 Å². The van der Waals surface area contributed by atoms with Crippen molar-refractivity contribution >= 4 is 5.69 Å². The fourth-order valence-corrected chi connectivity index (χ4v) is 1.62. The second-order valence-corrected chi connectivity index (χ2v) is 3.66. The summed E-state index contributed by atoms with van der Waals surface area (Å²) in [7, 11) is 0. The van der Waals surface area contributed by atoms with Gasteiger partial charge in [-0.25, -0.2) is 0 Å². The van der Waals surface area contributed by atoms with Crippen LogP contribution in [-0.4, -0.2) is 4.98 Å². The zero-order valence-electron chi connectivity index (χ0n) is 8.77. The molecule has 0 aliphatic carbocycles. The predicted octanol–water partition coefficient (Wildman–Crippen LogP) is 2.56. The van der Waals surface area contributed by atoms with Gasteiger partial charge in [-0.05, 0) is 48.2 Å². The molecular formula is C13H14N2.